The van der Waals surface area contributed by atoms with Crippen LogP contribution in [0.2, 0.25) is 0 Å². The van der Waals surface area contributed by atoms with E-state index in [0.29, 0.717) is 0 Å². The third-order valence-corrected chi connectivity index (χ3v) is 4.98. The zero-order chi connectivity index (χ0) is 19.2. The van der Waals surface area contributed by atoms with Crippen LogP contribution in [0.1, 0.15) is 31.9 Å². The summed E-state index contributed by atoms with van der Waals surface area (Å²) in [6, 6.07) is 23.9. The first-order valence-electron chi connectivity index (χ1n) is 9.55. The molecule has 0 radical (unpaired) electrons. The van der Waals surface area contributed by atoms with Crippen LogP contribution in [-0.4, -0.2) is 5.60 Å². The van der Waals surface area contributed by atoms with Gasteiger partial charge in [0.15, 0.2) is 0 Å². The van der Waals surface area contributed by atoms with Crippen LogP contribution in [0.15, 0.2) is 66.7 Å². The van der Waals surface area contributed by atoms with Crippen LogP contribution >= 0.6 is 0 Å². The fourth-order valence-corrected chi connectivity index (χ4v) is 3.87. The van der Waals surface area contributed by atoms with Crippen molar-refractivity contribution in [2.24, 2.45) is 0 Å². The topological polar surface area (TPSA) is 9.23 Å². The summed E-state index contributed by atoms with van der Waals surface area (Å²) in [5.41, 5.74) is 4.65. The molecular weight excluding hydrogens is 328 g/mol. The molecule has 0 atom stereocenters. The van der Waals surface area contributed by atoms with Crippen LogP contribution in [0.4, 0.5) is 0 Å². The minimum absolute atomic E-state index is 0.263. The quantitative estimate of drug-likeness (QED) is 0.363. The van der Waals surface area contributed by atoms with Crippen LogP contribution in [0.3, 0.4) is 0 Å². The summed E-state index contributed by atoms with van der Waals surface area (Å²) >= 11 is 0. The Hall–Kier alpha value is -2.80. The van der Waals surface area contributed by atoms with E-state index in [-0.39, 0.29) is 5.60 Å². The van der Waals surface area contributed by atoms with E-state index in [1.165, 1.54) is 43.8 Å². The maximum atomic E-state index is 6.53. The molecule has 0 saturated carbocycles. The van der Waals surface area contributed by atoms with E-state index in [1.54, 1.807) is 0 Å². The zero-order valence-electron chi connectivity index (χ0n) is 16.8. The molecule has 4 aromatic carbocycles. The molecule has 136 valence electrons. The number of ether oxygens (including phenoxy) is 1. The highest BCUT2D eigenvalue weighted by Gasteiger charge is 2.22. The maximum absolute atomic E-state index is 6.53. The highest BCUT2D eigenvalue weighted by atomic mass is 16.5. The van der Waals surface area contributed by atoms with E-state index in [0.717, 1.165) is 5.75 Å². The molecule has 4 aromatic rings. The molecule has 0 bridgehead atoms. The van der Waals surface area contributed by atoms with E-state index >= 15 is 0 Å². The zero-order valence-corrected chi connectivity index (χ0v) is 16.8. The van der Waals surface area contributed by atoms with Gasteiger partial charge < -0.3 is 4.74 Å². The molecular formula is C26H26O. The van der Waals surface area contributed by atoms with Gasteiger partial charge in [-0.3, -0.25) is 0 Å². The average Bonchev–Trinajstić information content (AvgIpc) is 2.62. The molecule has 0 saturated heterocycles. The highest BCUT2D eigenvalue weighted by molar-refractivity contribution is 6.09. The Morgan fingerprint density at radius 3 is 1.89 bits per heavy atom. The molecule has 0 aliphatic heterocycles. The Morgan fingerprint density at radius 2 is 1.22 bits per heavy atom. The Labute approximate surface area is 161 Å². The summed E-state index contributed by atoms with van der Waals surface area (Å²) in [6.45, 7) is 10.7. The van der Waals surface area contributed by atoms with Crippen molar-refractivity contribution in [3.05, 3.63) is 77.9 Å². The first-order chi connectivity index (χ1) is 12.8. The molecule has 0 heterocycles. The monoisotopic (exact) mass is 354 g/mol. The molecule has 4 rings (SSSR count). The van der Waals surface area contributed by atoms with Gasteiger partial charge in [0, 0.05) is 5.56 Å². The van der Waals surface area contributed by atoms with Gasteiger partial charge in [-0.15, -0.1) is 0 Å². The van der Waals surface area contributed by atoms with E-state index < -0.39 is 0 Å². The molecule has 0 aliphatic rings. The van der Waals surface area contributed by atoms with Crippen LogP contribution in [0.5, 0.6) is 5.75 Å². The van der Waals surface area contributed by atoms with Gasteiger partial charge in [-0.1, -0.05) is 60.7 Å². The van der Waals surface area contributed by atoms with E-state index in [2.05, 4.69) is 101 Å². The Morgan fingerprint density at radius 1 is 0.630 bits per heavy atom. The highest BCUT2D eigenvalue weighted by Crippen LogP contribution is 2.45. The lowest BCUT2D eigenvalue weighted by Gasteiger charge is -2.27. The van der Waals surface area contributed by atoms with Gasteiger partial charge in [0.05, 0.1) is 0 Å². The van der Waals surface area contributed by atoms with Gasteiger partial charge in [-0.2, -0.15) is 0 Å². The molecule has 0 spiro atoms. The van der Waals surface area contributed by atoms with Crippen LogP contribution in [0.25, 0.3) is 32.7 Å². The molecule has 1 heteroatoms. The molecule has 0 N–H and O–H groups in total. The summed E-state index contributed by atoms with van der Waals surface area (Å²) in [4.78, 5) is 0. The summed E-state index contributed by atoms with van der Waals surface area (Å²) in [5, 5.41) is 5.01. The number of hydrogen-bond donors (Lipinski definition) is 0. The molecule has 27 heavy (non-hydrogen) atoms. The van der Waals surface area contributed by atoms with Crippen molar-refractivity contribution in [1.29, 1.82) is 0 Å². The van der Waals surface area contributed by atoms with Crippen LogP contribution in [0, 0.1) is 13.8 Å². The molecule has 0 amide bonds. The molecule has 0 aliphatic carbocycles. The fraction of sp³-hybridized carbons (Fsp3) is 0.231. The summed E-state index contributed by atoms with van der Waals surface area (Å²) in [6.07, 6.45) is 0. The summed E-state index contributed by atoms with van der Waals surface area (Å²) in [7, 11) is 0. The van der Waals surface area contributed by atoms with Gasteiger partial charge >= 0.3 is 0 Å². The van der Waals surface area contributed by atoms with Crippen molar-refractivity contribution in [1.82, 2.24) is 0 Å². The summed E-state index contributed by atoms with van der Waals surface area (Å²) < 4.78 is 6.53. The predicted octanol–water partition coefficient (Wildman–Crippen LogP) is 7.45. The van der Waals surface area contributed by atoms with Gasteiger partial charge in [0.25, 0.3) is 0 Å². The van der Waals surface area contributed by atoms with Gasteiger partial charge in [0.2, 0.25) is 0 Å². The van der Waals surface area contributed by atoms with Gasteiger partial charge in [0.1, 0.15) is 11.4 Å². The largest absolute Gasteiger partial charge is 0.487 e. The maximum Gasteiger partial charge on any atom is 0.131 e. The predicted molar refractivity (Wildman–Crippen MR) is 117 cm³/mol. The second kappa shape index (κ2) is 6.42. The molecule has 1 nitrogen and oxygen atoms in total. The molecule has 0 unspecified atom stereocenters. The van der Waals surface area contributed by atoms with Crippen molar-refractivity contribution in [2.45, 2.75) is 40.2 Å². The summed E-state index contributed by atoms with van der Waals surface area (Å²) in [5.74, 6) is 0.987. The van der Waals surface area contributed by atoms with Crippen LogP contribution in [-0.2, 0) is 0 Å². The van der Waals surface area contributed by atoms with Crippen molar-refractivity contribution in [3.63, 3.8) is 0 Å². The lowest BCUT2D eigenvalue weighted by molar-refractivity contribution is 0.131. The number of benzene rings is 4. The number of hydrogen-bond acceptors (Lipinski definition) is 1. The first-order valence-corrected chi connectivity index (χ1v) is 9.55. The Bertz CT molecular complexity index is 1150. The van der Waals surface area contributed by atoms with Crippen molar-refractivity contribution >= 4 is 21.5 Å². The van der Waals surface area contributed by atoms with E-state index in [9.17, 15) is 0 Å². The SMILES string of the molecule is Cc1cc2ccccc2c(-c2c(C)ccc3ccccc23)c1OC(C)(C)C. The number of aryl methyl sites for hydroxylation is 2. The fourth-order valence-electron chi connectivity index (χ4n) is 3.87. The molecule has 0 aromatic heterocycles. The number of rotatable bonds is 2. The third-order valence-electron chi connectivity index (χ3n) is 4.98. The van der Waals surface area contributed by atoms with Crippen LogP contribution < -0.4 is 4.74 Å². The van der Waals surface area contributed by atoms with E-state index in [1.807, 2.05) is 0 Å². The normalized spacial score (nSPS) is 11.9. The second-order valence-electron chi connectivity index (χ2n) is 8.31. The minimum atomic E-state index is -0.263. The third kappa shape index (κ3) is 3.19. The minimum Gasteiger partial charge on any atom is -0.487 e. The lowest BCUT2D eigenvalue weighted by atomic mass is 9.88. The first kappa shape index (κ1) is 17.6. The molecule has 0 fully saturated rings. The Kier molecular flexibility index (Phi) is 4.19. The van der Waals surface area contributed by atoms with Gasteiger partial charge in [-0.25, -0.2) is 0 Å². The lowest BCUT2D eigenvalue weighted by Crippen LogP contribution is -2.24. The number of fused-ring (bicyclic) bond motifs is 2. The second-order valence-corrected chi connectivity index (χ2v) is 8.31. The van der Waals surface area contributed by atoms with Crippen molar-refractivity contribution < 1.29 is 4.74 Å². The smallest absolute Gasteiger partial charge is 0.131 e. The average molecular weight is 354 g/mol. The van der Waals surface area contributed by atoms with Crippen molar-refractivity contribution in [2.75, 3.05) is 0 Å². The van der Waals surface area contributed by atoms with Crippen molar-refractivity contribution in [3.8, 4) is 16.9 Å². The standard InChI is InChI=1S/C26H26O/c1-17-14-15-19-10-6-8-12-21(19)23(17)24-22-13-9-7-11-20(22)16-18(2)25(24)27-26(3,4)5/h6-16H,1-5H3. The van der Waals surface area contributed by atoms with E-state index in [4.69, 9.17) is 4.74 Å². The Balaban J connectivity index is 2.19. The van der Waals surface area contributed by atoms with Gasteiger partial charge in [-0.05, 0) is 78.9 Å².